The number of aromatic hydroxyl groups is 1. The summed E-state index contributed by atoms with van der Waals surface area (Å²) in [7, 11) is 0. The maximum Gasteiger partial charge on any atom is 0.307 e. The van der Waals surface area contributed by atoms with Crippen LogP contribution in [0.5, 0.6) is 11.5 Å². The Morgan fingerprint density at radius 1 is 1.38 bits per heavy atom. The summed E-state index contributed by atoms with van der Waals surface area (Å²) < 4.78 is 10.2. The molecule has 5 nitrogen and oxygen atoms in total. The van der Waals surface area contributed by atoms with Crippen LogP contribution in [0.25, 0.3) is 0 Å². The average molecular weight is 338 g/mol. The first-order valence-electron chi connectivity index (χ1n) is 6.61. The van der Waals surface area contributed by atoms with Crippen LogP contribution in [0.1, 0.15) is 19.8 Å². The number of phenols is 1. The number of halogens is 2. The second kappa shape index (κ2) is 11.5. The van der Waals surface area contributed by atoms with Crippen molar-refractivity contribution in [3.05, 3.63) is 23.2 Å². The number of hydrogen-bond acceptors (Lipinski definition) is 5. The Morgan fingerprint density at radius 2 is 2.14 bits per heavy atom. The van der Waals surface area contributed by atoms with E-state index in [-0.39, 0.29) is 24.1 Å². The lowest BCUT2D eigenvalue weighted by Crippen LogP contribution is -2.21. The van der Waals surface area contributed by atoms with E-state index < -0.39 is 0 Å². The number of hydrogen-bond donors (Lipinski definition) is 2. The average Bonchev–Trinajstić information content (AvgIpc) is 2.41. The Morgan fingerprint density at radius 3 is 2.86 bits per heavy atom. The van der Waals surface area contributed by atoms with Crippen LogP contribution >= 0.6 is 24.0 Å². The first kappa shape index (κ1) is 19.8. The van der Waals surface area contributed by atoms with Crippen LogP contribution in [-0.4, -0.2) is 37.4 Å². The highest BCUT2D eigenvalue weighted by molar-refractivity contribution is 6.30. The van der Waals surface area contributed by atoms with Crippen molar-refractivity contribution in [1.29, 1.82) is 0 Å². The van der Waals surface area contributed by atoms with Crippen LogP contribution < -0.4 is 10.1 Å². The lowest BCUT2D eigenvalue weighted by atomic mass is 10.3. The Kier molecular flexibility index (Phi) is 10.8. The molecule has 1 rings (SSSR count). The number of rotatable bonds is 9. The van der Waals surface area contributed by atoms with Crippen molar-refractivity contribution < 1.29 is 19.4 Å². The number of phenolic OH excluding ortho intramolecular Hbond substituents is 1. The molecule has 0 aliphatic heterocycles. The summed E-state index contributed by atoms with van der Waals surface area (Å²) in [4.78, 5) is 11.1. The van der Waals surface area contributed by atoms with Gasteiger partial charge in [0, 0.05) is 17.6 Å². The normalized spacial score (nSPS) is 9.81. The van der Waals surface area contributed by atoms with Gasteiger partial charge in [0.1, 0.15) is 0 Å². The van der Waals surface area contributed by atoms with E-state index >= 15 is 0 Å². The molecule has 1 aromatic carbocycles. The minimum Gasteiger partial charge on any atom is -0.504 e. The zero-order valence-electron chi connectivity index (χ0n) is 11.9. The molecule has 0 aromatic heterocycles. The van der Waals surface area contributed by atoms with Crippen molar-refractivity contribution in [3.63, 3.8) is 0 Å². The fourth-order valence-electron chi connectivity index (χ4n) is 1.53. The molecule has 0 aliphatic rings. The molecule has 7 heteroatoms. The Bertz CT molecular complexity index is 429. The van der Waals surface area contributed by atoms with Crippen molar-refractivity contribution in [2.45, 2.75) is 19.8 Å². The Balaban J connectivity index is 0.00000400. The lowest BCUT2D eigenvalue weighted by molar-refractivity contribution is -0.142. The number of esters is 1. The van der Waals surface area contributed by atoms with Crippen molar-refractivity contribution in [3.8, 4) is 11.5 Å². The fraction of sp³-hybridized carbons (Fsp3) is 0.500. The first-order valence-corrected chi connectivity index (χ1v) is 6.99. The molecule has 0 fully saturated rings. The summed E-state index contributed by atoms with van der Waals surface area (Å²) in [6.45, 7) is 3.96. The summed E-state index contributed by atoms with van der Waals surface area (Å²) in [6, 6.07) is 4.67. The zero-order valence-corrected chi connectivity index (χ0v) is 13.5. The smallest absolute Gasteiger partial charge is 0.307 e. The molecule has 0 spiro atoms. The van der Waals surface area contributed by atoms with E-state index in [4.69, 9.17) is 21.1 Å². The van der Waals surface area contributed by atoms with Crippen LogP contribution in [0, 0.1) is 0 Å². The van der Waals surface area contributed by atoms with E-state index in [2.05, 4.69) is 5.32 Å². The van der Waals surface area contributed by atoms with Crippen molar-refractivity contribution in [1.82, 2.24) is 5.32 Å². The van der Waals surface area contributed by atoms with Crippen LogP contribution in [0.15, 0.2) is 18.2 Å². The standard InChI is InChI=1S/C14H20ClNO4.ClH/c1-2-19-14(18)6-8-16-7-3-9-20-13-10-11(15)4-5-12(13)17;/h4-5,10,16-17H,2-3,6-9H2,1H3;1H. The monoisotopic (exact) mass is 337 g/mol. The van der Waals surface area contributed by atoms with Gasteiger partial charge in [-0.1, -0.05) is 11.6 Å². The third-order valence-electron chi connectivity index (χ3n) is 2.49. The van der Waals surface area contributed by atoms with Crippen molar-refractivity contribution >= 4 is 30.0 Å². The van der Waals surface area contributed by atoms with Gasteiger partial charge in [-0.15, -0.1) is 12.4 Å². The van der Waals surface area contributed by atoms with E-state index in [1.54, 1.807) is 19.1 Å². The minimum atomic E-state index is -0.194. The van der Waals surface area contributed by atoms with Gasteiger partial charge in [0.15, 0.2) is 11.5 Å². The zero-order chi connectivity index (χ0) is 14.8. The van der Waals surface area contributed by atoms with Crippen molar-refractivity contribution in [2.75, 3.05) is 26.3 Å². The SMILES string of the molecule is CCOC(=O)CCNCCCOc1cc(Cl)ccc1O.Cl. The van der Waals surface area contributed by atoms with Crippen LogP contribution in [-0.2, 0) is 9.53 Å². The molecule has 120 valence electrons. The predicted octanol–water partition coefficient (Wildman–Crippen LogP) is 2.78. The second-order valence-corrected chi connectivity index (χ2v) is 4.56. The van der Waals surface area contributed by atoms with Gasteiger partial charge in [-0.2, -0.15) is 0 Å². The minimum absolute atomic E-state index is 0. The number of carbonyl (C=O) groups excluding carboxylic acids is 1. The van der Waals surface area contributed by atoms with Crippen LogP contribution in [0.4, 0.5) is 0 Å². The first-order chi connectivity index (χ1) is 9.63. The van der Waals surface area contributed by atoms with Gasteiger partial charge < -0.3 is 19.9 Å². The maximum atomic E-state index is 11.1. The van der Waals surface area contributed by atoms with Gasteiger partial charge in [-0.05, 0) is 32.0 Å². The fourth-order valence-corrected chi connectivity index (χ4v) is 1.69. The third kappa shape index (κ3) is 8.65. The summed E-state index contributed by atoms with van der Waals surface area (Å²) in [5, 5.41) is 13.2. The molecule has 0 bridgehead atoms. The molecular formula is C14H21Cl2NO4. The van der Waals surface area contributed by atoms with Crippen molar-refractivity contribution in [2.24, 2.45) is 0 Å². The van der Waals surface area contributed by atoms with E-state index in [1.165, 1.54) is 6.07 Å². The van der Waals surface area contributed by atoms with Crippen LogP contribution in [0.3, 0.4) is 0 Å². The molecule has 21 heavy (non-hydrogen) atoms. The molecule has 0 unspecified atom stereocenters. The van der Waals surface area contributed by atoms with Gasteiger partial charge in [0.05, 0.1) is 19.6 Å². The van der Waals surface area contributed by atoms with E-state index in [0.717, 1.165) is 13.0 Å². The molecule has 0 amide bonds. The Labute approximate surface area is 136 Å². The summed E-state index contributed by atoms with van der Waals surface area (Å²) >= 11 is 5.81. The largest absolute Gasteiger partial charge is 0.504 e. The van der Waals surface area contributed by atoms with Gasteiger partial charge >= 0.3 is 5.97 Å². The topological polar surface area (TPSA) is 67.8 Å². The summed E-state index contributed by atoms with van der Waals surface area (Å²) in [6.07, 6.45) is 1.12. The number of benzene rings is 1. The molecule has 2 N–H and O–H groups in total. The van der Waals surface area contributed by atoms with E-state index in [0.29, 0.717) is 37.0 Å². The van der Waals surface area contributed by atoms with Crippen LogP contribution in [0.2, 0.25) is 5.02 Å². The molecule has 0 radical (unpaired) electrons. The predicted molar refractivity (Wildman–Crippen MR) is 84.6 cm³/mol. The molecule has 0 saturated carbocycles. The molecule has 0 saturated heterocycles. The highest BCUT2D eigenvalue weighted by Gasteiger charge is 2.03. The van der Waals surface area contributed by atoms with Gasteiger partial charge in [0.2, 0.25) is 0 Å². The molecule has 1 aromatic rings. The number of carbonyl (C=O) groups is 1. The molecular weight excluding hydrogens is 317 g/mol. The highest BCUT2D eigenvalue weighted by atomic mass is 35.5. The number of nitrogens with one attached hydrogen (secondary N) is 1. The highest BCUT2D eigenvalue weighted by Crippen LogP contribution is 2.28. The lowest BCUT2D eigenvalue weighted by Gasteiger charge is -2.09. The van der Waals surface area contributed by atoms with E-state index in [9.17, 15) is 9.90 Å². The quantitative estimate of drug-likeness (QED) is 0.535. The molecule has 0 heterocycles. The summed E-state index contributed by atoms with van der Waals surface area (Å²) in [5.41, 5.74) is 0. The maximum absolute atomic E-state index is 11.1. The Hall–Kier alpha value is -1.17. The number of ether oxygens (including phenoxy) is 2. The third-order valence-corrected chi connectivity index (χ3v) is 2.72. The second-order valence-electron chi connectivity index (χ2n) is 4.12. The van der Waals surface area contributed by atoms with Gasteiger partial charge in [-0.25, -0.2) is 0 Å². The van der Waals surface area contributed by atoms with Gasteiger partial charge in [-0.3, -0.25) is 4.79 Å². The van der Waals surface area contributed by atoms with E-state index in [1.807, 2.05) is 0 Å². The summed E-state index contributed by atoms with van der Waals surface area (Å²) in [5.74, 6) is 0.258. The molecule has 0 aliphatic carbocycles. The molecule has 0 atom stereocenters. The van der Waals surface area contributed by atoms with Gasteiger partial charge in [0.25, 0.3) is 0 Å².